The van der Waals surface area contributed by atoms with Gasteiger partial charge in [-0.25, -0.2) is 0 Å². The van der Waals surface area contributed by atoms with E-state index in [-0.39, 0.29) is 5.41 Å². The number of carbonyl (C=O) groups excluding carboxylic acids is 1. The summed E-state index contributed by atoms with van der Waals surface area (Å²) < 4.78 is 11.8. The Morgan fingerprint density at radius 3 is 2.11 bits per heavy atom. The first-order valence-corrected chi connectivity index (χ1v) is 9.84. The Balaban J connectivity index is 3.35. The average molecular weight is 333 g/mol. The molecule has 0 aromatic rings. The van der Waals surface area contributed by atoms with E-state index in [9.17, 15) is 4.79 Å². The van der Waals surface area contributed by atoms with Gasteiger partial charge in [0, 0.05) is 0 Å². The van der Waals surface area contributed by atoms with Crippen molar-refractivity contribution in [2.75, 3.05) is 19.8 Å². The van der Waals surface area contributed by atoms with Crippen LogP contribution in [0.1, 0.15) is 48.0 Å². The van der Waals surface area contributed by atoms with E-state index in [4.69, 9.17) is 6.79 Å². The Morgan fingerprint density at radius 1 is 1.00 bits per heavy atom. The SMILES string of the molecule is CC(C)(C)CCOCC[O][Y][CH2]C(=O)C(C)(C)C. The summed E-state index contributed by atoms with van der Waals surface area (Å²) in [4.78, 5) is 11.6. The van der Waals surface area contributed by atoms with Gasteiger partial charge < -0.3 is 0 Å². The molecule has 0 atom stereocenters. The fourth-order valence-corrected chi connectivity index (χ4v) is 3.92. The maximum absolute atomic E-state index is 11.6. The quantitative estimate of drug-likeness (QED) is 0.638. The van der Waals surface area contributed by atoms with Crippen molar-refractivity contribution in [3.05, 3.63) is 0 Å². The van der Waals surface area contributed by atoms with E-state index in [0.29, 0.717) is 27.6 Å². The molecule has 0 saturated heterocycles. The molecule has 18 heavy (non-hydrogen) atoms. The zero-order valence-corrected chi connectivity index (χ0v) is 15.7. The number of carbonyl (C=O) groups is 1. The van der Waals surface area contributed by atoms with Crippen LogP contribution >= 0.6 is 0 Å². The summed E-state index contributed by atoms with van der Waals surface area (Å²) in [6.07, 6.45) is 1.07. The molecule has 0 aromatic heterocycles. The molecule has 0 aliphatic heterocycles. The molecule has 0 N–H and O–H groups in total. The van der Waals surface area contributed by atoms with Crippen molar-refractivity contribution in [2.24, 2.45) is 10.8 Å². The second-order valence-electron chi connectivity index (χ2n) is 6.84. The molecule has 4 heteroatoms. The summed E-state index contributed by atoms with van der Waals surface area (Å²) in [6.45, 7) is 14.6. The van der Waals surface area contributed by atoms with Gasteiger partial charge in [0.25, 0.3) is 0 Å². The Kier molecular flexibility index (Phi) is 9.12. The number of hydrogen-bond acceptors (Lipinski definition) is 3. The summed E-state index contributed by atoms with van der Waals surface area (Å²) >= 11 is -1.15. The van der Waals surface area contributed by atoms with E-state index < -0.39 is 29.7 Å². The van der Waals surface area contributed by atoms with Crippen LogP contribution in [0.25, 0.3) is 0 Å². The summed E-state index contributed by atoms with van der Waals surface area (Å²) in [6, 6.07) is 0. The number of rotatable bonds is 8. The van der Waals surface area contributed by atoms with Crippen molar-refractivity contribution < 1.29 is 41.3 Å². The van der Waals surface area contributed by atoms with Crippen LogP contribution in [0, 0.1) is 10.8 Å². The Morgan fingerprint density at radius 2 is 1.61 bits per heavy atom. The Bertz CT molecular complexity index is 238. The molecule has 0 spiro atoms. The molecule has 0 bridgehead atoms. The van der Waals surface area contributed by atoms with Crippen LogP contribution in [-0.2, 0) is 41.3 Å². The van der Waals surface area contributed by atoms with Crippen LogP contribution in [0.5, 0.6) is 0 Å². The number of ether oxygens (including phenoxy) is 1. The Hall–Kier alpha value is 0.694. The fourth-order valence-electron chi connectivity index (χ4n) is 1.11. The predicted molar refractivity (Wildman–Crippen MR) is 70.1 cm³/mol. The van der Waals surface area contributed by atoms with E-state index >= 15 is 0 Å². The first-order valence-electron chi connectivity index (χ1n) is 6.67. The molecule has 0 unspecified atom stereocenters. The van der Waals surface area contributed by atoms with Gasteiger partial charge in [-0.3, -0.25) is 0 Å². The van der Waals surface area contributed by atoms with Crippen LogP contribution in [0.4, 0.5) is 0 Å². The van der Waals surface area contributed by atoms with Crippen LogP contribution in [0.3, 0.4) is 0 Å². The van der Waals surface area contributed by atoms with Crippen LogP contribution in [0.2, 0.25) is 3.23 Å². The van der Waals surface area contributed by atoms with Gasteiger partial charge in [-0.1, -0.05) is 0 Å². The molecule has 0 amide bonds. The van der Waals surface area contributed by atoms with Crippen molar-refractivity contribution >= 4 is 5.78 Å². The molecule has 0 aliphatic rings. The summed E-state index contributed by atoms with van der Waals surface area (Å²) in [5, 5.41) is 0. The van der Waals surface area contributed by atoms with Gasteiger partial charge in [0.05, 0.1) is 0 Å². The van der Waals surface area contributed by atoms with Gasteiger partial charge in [0.2, 0.25) is 0 Å². The van der Waals surface area contributed by atoms with E-state index in [1.54, 1.807) is 0 Å². The third kappa shape index (κ3) is 11.8. The molecular weight excluding hydrogens is 305 g/mol. The topological polar surface area (TPSA) is 35.5 Å². The van der Waals surface area contributed by atoms with Crippen LogP contribution in [0.15, 0.2) is 0 Å². The van der Waals surface area contributed by atoms with Crippen molar-refractivity contribution in [2.45, 2.75) is 51.2 Å². The average Bonchev–Trinajstić information content (AvgIpc) is 2.18. The van der Waals surface area contributed by atoms with Crippen molar-refractivity contribution in [3.8, 4) is 0 Å². The maximum atomic E-state index is 11.6. The fraction of sp³-hybridized carbons (Fsp3) is 0.929. The molecule has 0 saturated carbocycles. The number of hydrogen-bond donors (Lipinski definition) is 0. The van der Waals surface area contributed by atoms with Gasteiger partial charge in [-0.2, -0.15) is 0 Å². The normalized spacial score (nSPS) is 12.3. The van der Waals surface area contributed by atoms with Gasteiger partial charge in [-0.05, 0) is 0 Å². The molecule has 0 aromatic carbocycles. The van der Waals surface area contributed by atoms with Gasteiger partial charge in [0.1, 0.15) is 0 Å². The molecule has 0 fully saturated rings. The molecule has 3 nitrogen and oxygen atoms in total. The van der Waals surface area contributed by atoms with Crippen molar-refractivity contribution in [1.82, 2.24) is 0 Å². The molecule has 105 valence electrons. The first-order chi connectivity index (χ1) is 8.13. The third-order valence-electron chi connectivity index (χ3n) is 2.57. The van der Waals surface area contributed by atoms with Gasteiger partial charge >= 0.3 is 129 Å². The zero-order chi connectivity index (χ0) is 14.2. The number of ketones is 1. The predicted octanol–water partition coefficient (Wildman–Crippen LogP) is 3.49. The van der Waals surface area contributed by atoms with E-state index in [1.807, 2.05) is 20.8 Å². The molecule has 0 aliphatic carbocycles. The second-order valence-corrected chi connectivity index (χ2v) is 9.48. The van der Waals surface area contributed by atoms with Crippen LogP contribution in [-0.4, -0.2) is 25.6 Å². The summed E-state index contributed by atoms with van der Waals surface area (Å²) in [7, 11) is 0. The minimum atomic E-state index is -1.15. The number of Topliss-reactive ketones (excluding diaryl/α,β-unsaturated/α-hetero) is 1. The monoisotopic (exact) mass is 333 g/mol. The van der Waals surface area contributed by atoms with E-state index in [1.165, 1.54) is 0 Å². The third-order valence-corrected chi connectivity index (χ3v) is 5.04. The zero-order valence-electron chi connectivity index (χ0n) is 12.8. The van der Waals surface area contributed by atoms with Gasteiger partial charge in [0.15, 0.2) is 0 Å². The Labute approximate surface area is 128 Å². The second kappa shape index (κ2) is 8.78. The van der Waals surface area contributed by atoms with E-state index in [0.717, 1.165) is 13.0 Å². The minimum absolute atomic E-state index is 0.210. The molecule has 0 heterocycles. The van der Waals surface area contributed by atoms with E-state index in [2.05, 4.69) is 20.8 Å². The van der Waals surface area contributed by atoms with Crippen molar-refractivity contribution in [3.63, 3.8) is 0 Å². The van der Waals surface area contributed by atoms with Gasteiger partial charge in [-0.15, -0.1) is 0 Å². The molecular formula is C14H28O3Y. The summed E-state index contributed by atoms with van der Waals surface area (Å²) in [5.74, 6) is 0.331. The summed E-state index contributed by atoms with van der Waals surface area (Å²) in [5.41, 5.74) is 0.121. The van der Waals surface area contributed by atoms with Crippen molar-refractivity contribution in [1.29, 1.82) is 0 Å². The standard InChI is InChI=1S/C8H17O2.C6H11O.Y/c1-8(2,3)4-6-10-7-5-9;1-5(7)6(2,3)4;/h4-7H2,1-3H3;1H2,2-4H3;/q-1;;+1. The molecule has 0 rings (SSSR count). The van der Waals surface area contributed by atoms with Crippen LogP contribution < -0.4 is 0 Å². The molecule has 0 radical (unpaired) electrons. The first kappa shape index (κ1) is 18.7.